The molecular weight excluding hydrogens is 324 g/mol. The van der Waals surface area contributed by atoms with Gasteiger partial charge in [0.2, 0.25) is 5.95 Å². The summed E-state index contributed by atoms with van der Waals surface area (Å²) in [7, 11) is 0. The fraction of sp³-hybridized carbons (Fsp3) is 0.389. The van der Waals surface area contributed by atoms with Gasteiger partial charge in [-0.15, -0.1) is 0 Å². The molecule has 0 aliphatic heterocycles. The van der Waals surface area contributed by atoms with Crippen molar-refractivity contribution < 1.29 is 4.79 Å². The van der Waals surface area contributed by atoms with Gasteiger partial charge in [0.25, 0.3) is 5.91 Å². The van der Waals surface area contributed by atoms with Gasteiger partial charge in [-0.2, -0.15) is 0 Å². The number of carbonyl (C=O) groups excluding carboxylic acids is 1. The van der Waals surface area contributed by atoms with Gasteiger partial charge in [0.05, 0.1) is 0 Å². The van der Waals surface area contributed by atoms with Crippen LogP contribution in [0.25, 0.3) is 0 Å². The topological polar surface area (TPSA) is 66.9 Å². The molecule has 0 saturated heterocycles. The molecule has 0 atom stereocenters. The van der Waals surface area contributed by atoms with Crippen molar-refractivity contribution in [2.24, 2.45) is 0 Å². The predicted molar refractivity (Wildman–Crippen MR) is 98.1 cm³/mol. The third-order valence-corrected chi connectivity index (χ3v) is 3.83. The van der Waals surface area contributed by atoms with E-state index in [1.807, 2.05) is 32.0 Å². The summed E-state index contributed by atoms with van der Waals surface area (Å²) in [6.07, 6.45) is 3.19. The van der Waals surface area contributed by atoms with Crippen LogP contribution in [0, 0.1) is 13.8 Å². The number of amides is 1. The van der Waals surface area contributed by atoms with Crippen molar-refractivity contribution in [2.45, 2.75) is 40.0 Å². The summed E-state index contributed by atoms with van der Waals surface area (Å²) in [5.41, 5.74) is 2.93. The number of anilines is 2. The summed E-state index contributed by atoms with van der Waals surface area (Å²) in [6, 6.07) is 7.24. The maximum absolute atomic E-state index is 12.2. The highest BCUT2D eigenvalue weighted by Gasteiger charge is 2.11. The lowest BCUT2D eigenvalue weighted by atomic mass is 10.2. The van der Waals surface area contributed by atoms with E-state index < -0.39 is 0 Å². The van der Waals surface area contributed by atoms with Crippen LogP contribution < -0.4 is 10.6 Å². The van der Waals surface area contributed by atoms with E-state index in [1.54, 1.807) is 6.07 Å². The largest absolute Gasteiger partial charge is 0.351 e. The summed E-state index contributed by atoms with van der Waals surface area (Å²) in [6.45, 7) is 6.60. The van der Waals surface area contributed by atoms with Crippen molar-refractivity contribution in [1.29, 1.82) is 0 Å². The van der Waals surface area contributed by atoms with Crippen LogP contribution in [0.2, 0.25) is 5.02 Å². The first-order valence-electron chi connectivity index (χ1n) is 8.16. The van der Waals surface area contributed by atoms with Crippen LogP contribution in [0.5, 0.6) is 0 Å². The Morgan fingerprint density at radius 3 is 2.71 bits per heavy atom. The second-order valence-corrected chi connectivity index (χ2v) is 6.20. The molecule has 1 aromatic heterocycles. The molecule has 1 aromatic carbocycles. The molecule has 0 saturated carbocycles. The normalized spacial score (nSPS) is 10.5. The smallest absolute Gasteiger partial charge is 0.270 e. The number of unbranched alkanes of at least 4 members (excludes halogenated alkanes) is 2. The van der Waals surface area contributed by atoms with Crippen LogP contribution in [0.15, 0.2) is 24.3 Å². The average Bonchev–Trinajstić information content (AvgIpc) is 2.54. The minimum atomic E-state index is -0.178. The first-order valence-corrected chi connectivity index (χ1v) is 8.54. The lowest BCUT2D eigenvalue weighted by Gasteiger charge is -2.11. The molecule has 24 heavy (non-hydrogen) atoms. The number of nitrogens with zero attached hydrogens (tertiary/aromatic N) is 2. The van der Waals surface area contributed by atoms with Gasteiger partial charge >= 0.3 is 0 Å². The molecule has 0 spiro atoms. The van der Waals surface area contributed by atoms with Gasteiger partial charge in [-0.05, 0) is 44.0 Å². The van der Waals surface area contributed by atoms with Crippen LogP contribution >= 0.6 is 11.6 Å². The Morgan fingerprint density at radius 1 is 1.17 bits per heavy atom. The molecule has 6 heteroatoms. The fourth-order valence-corrected chi connectivity index (χ4v) is 2.43. The number of hydrogen-bond donors (Lipinski definition) is 2. The summed E-state index contributed by atoms with van der Waals surface area (Å²) in [4.78, 5) is 20.9. The molecule has 2 N–H and O–H groups in total. The van der Waals surface area contributed by atoms with E-state index in [2.05, 4.69) is 27.5 Å². The van der Waals surface area contributed by atoms with Gasteiger partial charge in [-0.25, -0.2) is 9.97 Å². The number of benzene rings is 1. The fourth-order valence-electron chi connectivity index (χ4n) is 2.26. The Kier molecular flexibility index (Phi) is 6.55. The van der Waals surface area contributed by atoms with E-state index in [0.717, 1.165) is 36.2 Å². The Morgan fingerprint density at radius 2 is 1.96 bits per heavy atom. The number of halogens is 1. The lowest BCUT2D eigenvalue weighted by molar-refractivity contribution is 0.0948. The van der Waals surface area contributed by atoms with Gasteiger partial charge < -0.3 is 10.6 Å². The molecule has 1 heterocycles. The first kappa shape index (κ1) is 18.2. The number of aryl methyl sites for hydroxylation is 2. The molecule has 0 fully saturated rings. The molecule has 2 aromatic rings. The highest BCUT2D eigenvalue weighted by molar-refractivity contribution is 6.30. The van der Waals surface area contributed by atoms with E-state index in [0.29, 0.717) is 23.2 Å². The van der Waals surface area contributed by atoms with Gasteiger partial charge in [-0.1, -0.05) is 37.4 Å². The van der Waals surface area contributed by atoms with Crippen molar-refractivity contribution in [2.75, 3.05) is 11.9 Å². The monoisotopic (exact) mass is 346 g/mol. The molecule has 0 unspecified atom stereocenters. The summed E-state index contributed by atoms with van der Waals surface area (Å²) in [5.74, 6) is 0.210. The third kappa shape index (κ3) is 5.20. The van der Waals surface area contributed by atoms with Crippen molar-refractivity contribution in [3.05, 3.63) is 46.2 Å². The summed E-state index contributed by atoms with van der Waals surface area (Å²) < 4.78 is 0. The number of aromatic nitrogens is 2. The van der Waals surface area contributed by atoms with E-state index in [-0.39, 0.29) is 5.91 Å². The Bertz CT molecular complexity index is 718. The van der Waals surface area contributed by atoms with Gasteiger partial charge in [0.15, 0.2) is 0 Å². The van der Waals surface area contributed by atoms with Crippen molar-refractivity contribution in [1.82, 2.24) is 15.3 Å². The molecule has 2 rings (SSSR count). The van der Waals surface area contributed by atoms with E-state index in [1.165, 1.54) is 0 Å². The van der Waals surface area contributed by atoms with E-state index in [9.17, 15) is 4.79 Å². The van der Waals surface area contributed by atoms with Crippen molar-refractivity contribution in [3.8, 4) is 0 Å². The van der Waals surface area contributed by atoms with Crippen LogP contribution in [-0.4, -0.2) is 22.4 Å². The molecule has 5 nitrogen and oxygen atoms in total. The summed E-state index contributed by atoms with van der Waals surface area (Å²) >= 11 is 6.03. The second-order valence-electron chi connectivity index (χ2n) is 5.77. The minimum Gasteiger partial charge on any atom is -0.351 e. The minimum absolute atomic E-state index is 0.178. The van der Waals surface area contributed by atoms with Crippen LogP contribution in [0.3, 0.4) is 0 Å². The number of carbonyl (C=O) groups is 1. The maximum atomic E-state index is 12.2. The standard InChI is InChI=1S/C18H23ClN4O/c1-4-5-6-9-20-17(24)16-10-13(3)21-18(23-16)22-15-11-14(19)8-7-12(15)2/h7-8,10-11H,4-6,9H2,1-3H3,(H,20,24)(H,21,22,23). The molecule has 1 amide bonds. The van der Waals surface area contributed by atoms with Crippen LogP contribution in [0.4, 0.5) is 11.6 Å². The number of hydrogen-bond acceptors (Lipinski definition) is 4. The summed E-state index contributed by atoms with van der Waals surface area (Å²) in [5, 5.41) is 6.66. The molecular formula is C18H23ClN4O. The van der Waals surface area contributed by atoms with E-state index >= 15 is 0 Å². The Hall–Kier alpha value is -2.14. The van der Waals surface area contributed by atoms with E-state index in [4.69, 9.17) is 11.6 Å². The van der Waals surface area contributed by atoms with Gasteiger partial charge in [0, 0.05) is 22.9 Å². The van der Waals surface area contributed by atoms with Gasteiger partial charge in [-0.3, -0.25) is 4.79 Å². The average molecular weight is 347 g/mol. The zero-order valence-corrected chi connectivity index (χ0v) is 15.1. The first-order chi connectivity index (χ1) is 11.5. The highest BCUT2D eigenvalue weighted by Crippen LogP contribution is 2.22. The number of rotatable bonds is 7. The lowest BCUT2D eigenvalue weighted by Crippen LogP contribution is -2.26. The second kappa shape index (κ2) is 8.64. The van der Waals surface area contributed by atoms with Crippen LogP contribution in [-0.2, 0) is 0 Å². The van der Waals surface area contributed by atoms with Crippen molar-refractivity contribution in [3.63, 3.8) is 0 Å². The Balaban J connectivity index is 2.13. The quantitative estimate of drug-likeness (QED) is 0.729. The zero-order valence-electron chi connectivity index (χ0n) is 14.3. The zero-order chi connectivity index (χ0) is 17.5. The van der Waals surface area contributed by atoms with Crippen molar-refractivity contribution >= 4 is 29.1 Å². The highest BCUT2D eigenvalue weighted by atomic mass is 35.5. The molecule has 0 aliphatic carbocycles. The van der Waals surface area contributed by atoms with Gasteiger partial charge in [0.1, 0.15) is 5.69 Å². The maximum Gasteiger partial charge on any atom is 0.270 e. The number of nitrogens with one attached hydrogen (secondary N) is 2. The third-order valence-electron chi connectivity index (χ3n) is 3.60. The molecule has 128 valence electrons. The Labute approximate surface area is 147 Å². The molecule has 0 bridgehead atoms. The predicted octanol–water partition coefficient (Wildman–Crippen LogP) is 4.41. The molecule has 0 radical (unpaired) electrons. The van der Waals surface area contributed by atoms with Crippen LogP contribution in [0.1, 0.15) is 47.9 Å². The molecule has 0 aliphatic rings. The SMILES string of the molecule is CCCCCNC(=O)c1cc(C)nc(Nc2cc(Cl)ccc2C)n1.